The number of halogens is 1. The van der Waals surface area contributed by atoms with Gasteiger partial charge in [-0.1, -0.05) is 11.6 Å². The van der Waals surface area contributed by atoms with Crippen LogP contribution >= 0.6 is 11.6 Å². The highest BCUT2D eigenvalue weighted by atomic mass is 35.5. The van der Waals surface area contributed by atoms with E-state index in [0.717, 1.165) is 0 Å². The first-order valence-electron chi connectivity index (χ1n) is 6.39. The van der Waals surface area contributed by atoms with Crippen molar-refractivity contribution >= 4 is 29.7 Å². The van der Waals surface area contributed by atoms with Gasteiger partial charge in [0.2, 0.25) is 0 Å². The number of urea groups is 1. The average Bonchev–Trinajstić information content (AvgIpc) is 2.79. The van der Waals surface area contributed by atoms with E-state index in [0.29, 0.717) is 49.7 Å². The summed E-state index contributed by atoms with van der Waals surface area (Å²) in [6, 6.07) is 0.0759. The summed E-state index contributed by atoms with van der Waals surface area (Å²) >= 11 is 6.00. The van der Waals surface area contributed by atoms with Crippen LogP contribution in [0, 0.1) is 6.92 Å². The maximum Gasteiger partial charge on any atom is 0.317 e. The van der Waals surface area contributed by atoms with Crippen molar-refractivity contribution in [1.29, 1.82) is 0 Å². The maximum absolute atomic E-state index is 11.6. The highest BCUT2D eigenvalue weighted by Gasteiger charge is 2.36. The minimum absolute atomic E-state index is 0.0258. The zero-order chi connectivity index (χ0) is 14.3. The van der Waals surface area contributed by atoms with E-state index in [1.54, 1.807) is 6.92 Å². The Kier molecular flexibility index (Phi) is 3.21. The van der Waals surface area contributed by atoms with Gasteiger partial charge in [-0.2, -0.15) is 0 Å². The van der Waals surface area contributed by atoms with Crippen LogP contribution in [0.1, 0.15) is 16.2 Å². The summed E-state index contributed by atoms with van der Waals surface area (Å²) in [5.74, 6) is 1.08. The Morgan fingerprint density at radius 1 is 1.40 bits per heavy atom. The number of anilines is 1. The van der Waals surface area contributed by atoms with Gasteiger partial charge in [-0.3, -0.25) is 4.79 Å². The lowest BCUT2D eigenvalue weighted by atomic mass is 10.2. The number of nitrogens with zero attached hydrogens (tertiary/aromatic N) is 4. The number of aromatic nitrogens is 2. The lowest BCUT2D eigenvalue weighted by Gasteiger charge is -2.37. The first-order chi connectivity index (χ1) is 9.60. The molecule has 1 atom stereocenters. The highest BCUT2D eigenvalue weighted by molar-refractivity contribution is 6.32. The van der Waals surface area contributed by atoms with E-state index in [1.165, 1.54) is 0 Å². The van der Waals surface area contributed by atoms with Gasteiger partial charge < -0.3 is 15.1 Å². The molecular formula is C12H14ClN5O2. The second-order valence-corrected chi connectivity index (χ2v) is 5.25. The SMILES string of the molecule is Cc1nc(Cl)c(C=O)c(N2CCN3C(=O)NCC3C2)n1. The molecule has 1 unspecified atom stereocenters. The van der Waals surface area contributed by atoms with E-state index in [-0.39, 0.29) is 17.2 Å². The Morgan fingerprint density at radius 3 is 2.95 bits per heavy atom. The summed E-state index contributed by atoms with van der Waals surface area (Å²) in [6.07, 6.45) is 0.682. The van der Waals surface area contributed by atoms with Crippen LogP contribution in [0.15, 0.2) is 0 Å². The molecule has 1 aromatic rings. The van der Waals surface area contributed by atoms with Crippen molar-refractivity contribution in [2.24, 2.45) is 0 Å². The molecule has 0 radical (unpaired) electrons. The normalized spacial score (nSPS) is 21.7. The van der Waals surface area contributed by atoms with Crippen LogP contribution in [-0.2, 0) is 0 Å². The summed E-state index contributed by atoms with van der Waals surface area (Å²) in [7, 11) is 0. The van der Waals surface area contributed by atoms with Crippen molar-refractivity contribution in [1.82, 2.24) is 20.2 Å². The third-order valence-corrected chi connectivity index (χ3v) is 3.93. The smallest absolute Gasteiger partial charge is 0.317 e. The Balaban J connectivity index is 1.91. The van der Waals surface area contributed by atoms with E-state index in [1.807, 2.05) is 9.80 Å². The van der Waals surface area contributed by atoms with Crippen LogP contribution in [0.25, 0.3) is 0 Å². The van der Waals surface area contributed by atoms with E-state index in [4.69, 9.17) is 11.6 Å². The zero-order valence-electron chi connectivity index (χ0n) is 11.0. The molecule has 0 aromatic carbocycles. The van der Waals surface area contributed by atoms with Crippen LogP contribution in [0.4, 0.5) is 10.6 Å². The zero-order valence-corrected chi connectivity index (χ0v) is 11.7. The summed E-state index contributed by atoms with van der Waals surface area (Å²) in [4.78, 5) is 34.9. The second kappa shape index (κ2) is 4.90. The van der Waals surface area contributed by atoms with E-state index in [2.05, 4.69) is 15.3 Å². The molecule has 1 aromatic heterocycles. The van der Waals surface area contributed by atoms with Crippen molar-refractivity contribution in [2.75, 3.05) is 31.1 Å². The van der Waals surface area contributed by atoms with Gasteiger partial charge >= 0.3 is 6.03 Å². The summed E-state index contributed by atoms with van der Waals surface area (Å²) < 4.78 is 0. The monoisotopic (exact) mass is 295 g/mol. The topological polar surface area (TPSA) is 78.4 Å². The minimum atomic E-state index is -0.0258. The summed E-state index contributed by atoms with van der Waals surface area (Å²) in [6.45, 7) is 4.21. The number of fused-ring (bicyclic) bond motifs is 1. The fraction of sp³-hybridized carbons (Fsp3) is 0.500. The predicted octanol–water partition coefficient (Wildman–Crippen LogP) is 0.465. The molecule has 2 fully saturated rings. The van der Waals surface area contributed by atoms with Gasteiger partial charge in [0, 0.05) is 26.2 Å². The molecule has 2 amide bonds. The standard InChI is InChI=1S/C12H14ClN5O2/c1-7-15-10(13)9(6-19)11(16-7)17-2-3-18-8(5-17)4-14-12(18)20/h6,8H,2-5H2,1H3,(H,14,20). The van der Waals surface area contributed by atoms with Crippen molar-refractivity contribution in [3.63, 3.8) is 0 Å². The number of rotatable bonds is 2. The number of aldehydes is 1. The number of amides is 2. The van der Waals surface area contributed by atoms with E-state index in [9.17, 15) is 9.59 Å². The third kappa shape index (κ3) is 2.07. The summed E-state index contributed by atoms with van der Waals surface area (Å²) in [5, 5.41) is 2.99. The largest absolute Gasteiger partial charge is 0.352 e. The molecule has 1 N–H and O–H groups in total. The van der Waals surface area contributed by atoms with Gasteiger partial charge in [0.25, 0.3) is 0 Å². The number of aryl methyl sites for hydroxylation is 1. The second-order valence-electron chi connectivity index (χ2n) is 4.90. The fourth-order valence-corrected chi connectivity index (χ4v) is 2.92. The van der Waals surface area contributed by atoms with Crippen LogP contribution in [0.3, 0.4) is 0 Å². The fourth-order valence-electron chi connectivity index (χ4n) is 2.67. The molecule has 8 heteroatoms. The molecule has 0 aliphatic carbocycles. The number of hydrogen-bond acceptors (Lipinski definition) is 5. The quantitative estimate of drug-likeness (QED) is 0.634. The molecule has 106 valence electrons. The van der Waals surface area contributed by atoms with Crippen LogP contribution in [0.2, 0.25) is 5.15 Å². The molecule has 2 aliphatic heterocycles. The average molecular weight is 296 g/mol. The highest BCUT2D eigenvalue weighted by Crippen LogP contribution is 2.26. The Hall–Kier alpha value is -1.89. The molecule has 3 heterocycles. The van der Waals surface area contributed by atoms with Crippen molar-refractivity contribution in [3.8, 4) is 0 Å². The van der Waals surface area contributed by atoms with Crippen LogP contribution in [0.5, 0.6) is 0 Å². The molecule has 3 rings (SSSR count). The number of piperazine rings is 1. The number of carbonyl (C=O) groups excluding carboxylic acids is 2. The van der Waals surface area contributed by atoms with Crippen LogP contribution < -0.4 is 10.2 Å². The molecular weight excluding hydrogens is 282 g/mol. The molecule has 2 saturated heterocycles. The van der Waals surface area contributed by atoms with Gasteiger partial charge in [-0.05, 0) is 6.92 Å². The van der Waals surface area contributed by atoms with E-state index < -0.39 is 0 Å². The van der Waals surface area contributed by atoms with Gasteiger partial charge in [0.1, 0.15) is 16.8 Å². The van der Waals surface area contributed by atoms with Crippen molar-refractivity contribution in [2.45, 2.75) is 13.0 Å². The number of nitrogens with one attached hydrogen (secondary N) is 1. The molecule has 7 nitrogen and oxygen atoms in total. The molecule has 0 saturated carbocycles. The van der Waals surface area contributed by atoms with Gasteiger partial charge in [-0.25, -0.2) is 14.8 Å². The Labute approximate surface area is 120 Å². The van der Waals surface area contributed by atoms with Crippen molar-refractivity contribution in [3.05, 3.63) is 16.5 Å². The number of carbonyl (C=O) groups is 2. The Bertz CT molecular complexity index is 579. The van der Waals surface area contributed by atoms with E-state index >= 15 is 0 Å². The van der Waals surface area contributed by atoms with Crippen LogP contribution in [-0.4, -0.2) is 59.4 Å². The number of hydrogen-bond donors (Lipinski definition) is 1. The van der Waals surface area contributed by atoms with Gasteiger partial charge in [-0.15, -0.1) is 0 Å². The summed E-state index contributed by atoms with van der Waals surface area (Å²) in [5.41, 5.74) is 0.308. The molecule has 0 spiro atoms. The molecule has 0 bridgehead atoms. The third-order valence-electron chi connectivity index (χ3n) is 3.64. The predicted molar refractivity (Wildman–Crippen MR) is 73.3 cm³/mol. The van der Waals surface area contributed by atoms with Gasteiger partial charge in [0.05, 0.1) is 11.6 Å². The first kappa shape index (κ1) is 13.1. The maximum atomic E-state index is 11.6. The molecule has 20 heavy (non-hydrogen) atoms. The lowest BCUT2D eigenvalue weighted by Crippen LogP contribution is -2.52. The Morgan fingerprint density at radius 2 is 2.20 bits per heavy atom. The molecule has 2 aliphatic rings. The minimum Gasteiger partial charge on any atom is -0.352 e. The lowest BCUT2D eigenvalue weighted by molar-refractivity contribution is 0.112. The first-order valence-corrected chi connectivity index (χ1v) is 6.76. The van der Waals surface area contributed by atoms with Gasteiger partial charge in [0.15, 0.2) is 6.29 Å². The van der Waals surface area contributed by atoms with Crippen molar-refractivity contribution < 1.29 is 9.59 Å².